The van der Waals surface area contributed by atoms with Gasteiger partial charge in [0.15, 0.2) is 23.1 Å². The molecule has 1 N–H and O–H groups in total. The van der Waals surface area contributed by atoms with Crippen LogP contribution in [0.1, 0.15) is 26.4 Å². The highest BCUT2D eigenvalue weighted by Gasteiger charge is 2.17. The summed E-state index contributed by atoms with van der Waals surface area (Å²) in [4.78, 5) is 39.2. The molecule has 0 saturated heterocycles. The van der Waals surface area contributed by atoms with Gasteiger partial charge in [0.1, 0.15) is 32.0 Å². The van der Waals surface area contributed by atoms with E-state index >= 15 is 0 Å². The standard InChI is InChI=1S/C21H21N5O2S.C12H9ClN4S/c1-12-13(2)29-21-18(12)20(25-19(26-21)15-11-22-7-8-23-15)24-10-14-5-6-16(27-3)17(9-14)28-4;1-6-7(2)18-12-9(6)10(13)16-11(17-12)8-5-14-3-4-15-8/h5-9,11H,10H2,1-4H3,(H,24,25,26);3-5H,1-2H3. The van der Waals surface area contributed by atoms with Crippen LogP contribution in [0.25, 0.3) is 43.5 Å². The van der Waals surface area contributed by atoms with Crippen LogP contribution in [0.15, 0.2) is 55.4 Å². The van der Waals surface area contributed by atoms with Gasteiger partial charge in [-0.1, -0.05) is 17.7 Å². The summed E-state index contributed by atoms with van der Waals surface area (Å²) >= 11 is 9.51. The van der Waals surface area contributed by atoms with Gasteiger partial charge in [-0.05, 0) is 56.5 Å². The average Bonchev–Trinajstić information content (AvgIpc) is 3.56. The molecule has 7 rings (SSSR count). The molecule has 0 aliphatic heterocycles. The zero-order valence-corrected chi connectivity index (χ0v) is 28.9. The number of nitrogens with zero attached hydrogens (tertiary/aromatic N) is 8. The fourth-order valence-electron chi connectivity index (χ4n) is 4.81. The van der Waals surface area contributed by atoms with Crippen molar-refractivity contribution >= 4 is 60.5 Å². The summed E-state index contributed by atoms with van der Waals surface area (Å²) in [6, 6.07) is 5.86. The normalized spacial score (nSPS) is 11.0. The maximum atomic E-state index is 6.24. The first-order valence-electron chi connectivity index (χ1n) is 14.5. The molecule has 0 amide bonds. The van der Waals surface area contributed by atoms with Crippen LogP contribution in [0.3, 0.4) is 0 Å². The quantitative estimate of drug-likeness (QED) is 0.165. The van der Waals surface area contributed by atoms with Crippen molar-refractivity contribution in [3.8, 4) is 34.5 Å². The third-order valence-electron chi connectivity index (χ3n) is 7.51. The minimum atomic E-state index is 0.475. The highest BCUT2D eigenvalue weighted by atomic mass is 35.5. The number of benzene rings is 1. The van der Waals surface area contributed by atoms with Crippen LogP contribution in [0.4, 0.5) is 5.82 Å². The first-order chi connectivity index (χ1) is 22.8. The van der Waals surface area contributed by atoms with Gasteiger partial charge in [-0.25, -0.2) is 29.9 Å². The molecule has 6 heterocycles. The smallest absolute Gasteiger partial charge is 0.183 e. The molecule has 238 valence electrons. The van der Waals surface area contributed by atoms with Crippen LogP contribution in [0, 0.1) is 27.7 Å². The van der Waals surface area contributed by atoms with Crippen molar-refractivity contribution < 1.29 is 9.47 Å². The summed E-state index contributed by atoms with van der Waals surface area (Å²) in [6.07, 6.45) is 9.81. The van der Waals surface area contributed by atoms with Gasteiger partial charge in [-0.15, -0.1) is 22.7 Å². The molecule has 7 aromatic rings. The van der Waals surface area contributed by atoms with Gasteiger partial charge in [-0.3, -0.25) is 9.97 Å². The van der Waals surface area contributed by atoms with Gasteiger partial charge < -0.3 is 14.8 Å². The summed E-state index contributed by atoms with van der Waals surface area (Å²) in [7, 11) is 3.26. The zero-order valence-electron chi connectivity index (χ0n) is 26.5. The molecule has 0 aliphatic carbocycles. The number of aryl methyl sites for hydroxylation is 4. The van der Waals surface area contributed by atoms with E-state index in [1.165, 1.54) is 15.3 Å². The van der Waals surface area contributed by atoms with Crippen molar-refractivity contribution in [1.29, 1.82) is 0 Å². The Balaban J connectivity index is 0.000000183. The fourth-order valence-corrected chi connectivity index (χ4v) is 7.24. The second-order valence-electron chi connectivity index (χ2n) is 10.4. The Morgan fingerprint density at radius 1 is 0.702 bits per heavy atom. The zero-order chi connectivity index (χ0) is 33.1. The first-order valence-corrected chi connectivity index (χ1v) is 16.5. The highest BCUT2D eigenvalue weighted by Crippen LogP contribution is 2.36. The lowest BCUT2D eigenvalue weighted by atomic mass is 10.2. The number of aromatic nitrogens is 8. The third-order valence-corrected chi connectivity index (χ3v) is 9.98. The Labute approximate surface area is 284 Å². The van der Waals surface area contributed by atoms with E-state index in [-0.39, 0.29) is 0 Å². The van der Waals surface area contributed by atoms with Crippen LogP contribution in [0.5, 0.6) is 11.5 Å². The monoisotopic (exact) mass is 683 g/mol. The van der Waals surface area contributed by atoms with Crippen LogP contribution in [0.2, 0.25) is 5.15 Å². The molecule has 14 heteroatoms. The topological polar surface area (TPSA) is 134 Å². The van der Waals surface area contributed by atoms with E-state index in [0.29, 0.717) is 46.2 Å². The van der Waals surface area contributed by atoms with E-state index in [1.807, 2.05) is 25.1 Å². The van der Waals surface area contributed by atoms with Gasteiger partial charge in [0.25, 0.3) is 0 Å². The summed E-state index contributed by atoms with van der Waals surface area (Å²) in [6.45, 7) is 8.87. The van der Waals surface area contributed by atoms with Crippen molar-refractivity contribution in [2.75, 3.05) is 19.5 Å². The van der Waals surface area contributed by atoms with Crippen LogP contribution < -0.4 is 14.8 Å². The highest BCUT2D eigenvalue weighted by molar-refractivity contribution is 7.19. The van der Waals surface area contributed by atoms with Gasteiger partial charge in [0, 0.05) is 41.1 Å². The van der Waals surface area contributed by atoms with E-state index in [9.17, 15) is 0 Å². The number of nitrogens with one attached hydrogen (secondary N) is 1. The lowest BCUT2D eigenvalue weighted by Gasteiger charge is -2.12. The number of thiophene rings is 2. The summed E-state index contributed by atoms with van der Waals surface area (Å²) in [5, 5.41) is 5.92. The average molecular weight is 684 g/mol. The van der Waals surface area contributed by atoms with E-state index in [2.05, 4.69) is 56.0 Å². The molecule has 0 unspecified atom stereocenters. The molecule has 11 nitrogen and oxygen atoms in total. The van der Waals surface area contributed by atoms with Crippen molar-refractivity contribution in [3.63, 3.8) is 0 Å². The molecule has 0 saturated carbocycles. The lowest BCUT2D eigenvalue weighted by molar-refractivity contribution is 0.354. The Kier molecular flexibility index (Phi) is 9.48. The van der Waals surface area contributed by atoms with E-state index in [4.69, 9.17) is 31.0 Å². The van der Waals surface area contributed by atoms with Crippen LogP contribution in [-0.4, -0.2) is 54.1 Å². The van der Waals surface area contributed by atoms with Crippen molar-refractivity contribution in [2.45, 2.75) is 34.2 Å². The number of anilines is 1. The SMILES string of the molecule is COc1ccc(CNc2nc(-c3cnccn3)nc3sc(C)c(C)c23)cc1OC.Cc1sc2nc(-c3cnccn3)nc(Cl)c2c1C. The van der Waals surface area contributed by atoms with Gasteiger partial charge >= 0.3 is 0 Å². The largest absolute Gasteiger partial charge is 0.493 e. The Morgan fingerprint density at radius 2 is 1.28 bits per heavy atom. The minimum Gasteiger partial charge on any atom is -0.493 e. The maximum Gasteiger partial charge on any atom is 0.183 e. The first kappa shape index (κ1) is 32.1. The molecule has 0 fully saturated rings. The van der Waals surface area contributed by atoms with Gasteiger partial charge in [-0.2, -0.15) is 0 Å². The molecule has 0 radical (unpaired) electrons. The molecule has 0 bridgehead atoms. The number of ether oxygens (including phenoxy) is 2. The lowest BCUT2D eigenvalue weighted by Crippen LogP contribution is -2.05. The minimum absolute atomic E-state index is 0.475. The predicted octanol–water partition coefficient (Wildman–Crippen LogP) is 7.81. The van der Waals surface area contributed by atoms with Crippen molar-refractivity contribution in [1.82, 2.24) is 39.9 Å². The van der Waals surface area contributed by atoms with Crippen molar-refractivity contribution in [3.05, 3.63) is 87.0 Å². The molecule has 0 atom stereocenters. The van der Waals surface area contributed by atoms with E-state index in [1.54, 1.807) is 74.1 Å². The number of hydrogen-bond acceptors (Lipinski definition) is 13. The number of methoxy groups -OCH3 is 2. The molecular weight excluding hydrogens is 654 g/mol. The van der Waals surface area contributed by atoms with Crippen molar-refractivity contribution in [2.24, 2.45) is 0 Å². The molecule has 0 spiro atoms. The molecule has 47 heavy (non-hydrogen) atoms. The van der Waals surface area contributed by atoms with Crippen LogP contribution >= 0.6 is 34.3 Å². The maximum absolute atomic E-state index is 6.24. The van der Waals surface area contributed by atoms with Crippen LogP contribution in [-0.2, 0) is 6.54 Å². The van der Waals surface area contributed by atoms with E-state index in [0.717, 1.165) is 37.4 Å². The molecule has 0 aliphatic rings. The summed E-state index contributed by atoms with van der Waals surface area (Å²) < 4.78 is 10.7. The number of fused-ring (bicyclic) bond motifs is 2. The Hall–Kier alpha value is -4.85. The predicted molar refractivity (Wildman–Crippen MR) is 188 cm³/mol. The second-order valence-corrected chi connectivity index (χ2v) is 13.1. The van der Waals surface area contributed by atoms with Gasteiger partial charge in [0.2, 0.25) is 0 Å². The summed E-state index contributed by atoms with van der Waals surface area (Å²) in [5.74, 6) is 3.26. The number of halogens is 1. The van der Waals surface area contributed by atoms with Gasteiger partial charge in [0.05, 0.1) is 37.4 Å². The molecule has 1 aromatic carbocycles. The number of rotatable bonds is 7. The number of hydrogen-bond donors (Lipinski definition) is 1. The summed E-state index contributed by atoms with van der Waals surface area (Å²) in [5.41, 5.74) is 4.66. The van der Waals surface area contributed by atoms with E-state index < -0.39 is 0 Å². The molecular formula is C33H30ClN9O2S2. The molecule has 6 aromatic heterocycles. The fraction of sp³-hybridized carbons (Fsp3) is 0.212. The Morgan fingerprint density at radius 3 is 1.85 bits per heavy atom. The third kappa shape index (κ3) is 6.68. The Bertz CT molecular complexity index is 2190. The second kappa shape index (κ2) is 13.9.